The highest BCUT2D eigenvalue weighted by Gasteiger charge is 2.03. The molecule has 0 unspecified atom stereocenters. The van der Waals surface area contributed by atoms with Gasteiger partial charge in [-0.1, -0.05) is 0 Å². The van der Waals surface area contributed by atoms with Gasteiger partial charge in [-0.2, -0.15) is 5.11 Å². The first-order chi connectivity index (χ1) is 4.29. The molecule has 9 heavy (non-hydrogen) atoms. The van der Waals surface area contributed by atoms with Gasteiger partial charge in [0.2, 0.25) is 5.91 Å². The third-order valence-electron chi connectivity index (χ3n) is 0.769. The molecule has 1 aliphatic heterocycles. The first kappa shape index (κ1) is 5.87. The summed E-state index contributed by atoms with van der Waals surface area (Å²) < 4.78 is 0. The lowest BCUT2D eigenvalue weighted by molar-refractivity contribution is -0.117. The van der Waals surface area contributed by atoms with Gasteiger partial charge >= 0.3 is 0 Å². The highest BCUT2D eigenvalue weighted by Crippen LogP contribution is 1.89. The van der Waals surface area contributed by atoms with Gasteiger partial charge < -0.3 is 5.32 Å². The molecule has 0 spiro atoms. The summed E-state index contributed by atoms with van der Waals surface area (Å²) in [5.41, 5.74) is 0. The molecule has 1 rings (SSSR count). The van der Waals surface area contributed by atoms with Crippen LogP contribution < -0.4 is 5.32 Å². The number of nitrogens with zero attached hydrogens (tertiary/aromatic N) is 3. The molecule has 48 valence electrons. The van der Waals surface area contributed by atoms with Gasteiger partial charge in [0, 0.05) is 6.92 Å². The van der Waals surface area contributed by atoms with Crippen molar-refractivity contribution in [2.45, 2.75) is 6.92 Å². The molecule has 0 fully saturated rings. The minimum absolute atomic E-state index is 0.138. The van der Waals surface area contributed by atoms with Crippen molar-refractivity contribution in [1.82, 2.24) is 5.32 Å². The lowest BCUT2D eigenvalue weighted by Gasteiger charge is -1.94. The number of hydrogen-bond acceptors (Lipinski definition) is 4. The number of nitrogens with one attached hydrogen (secondary N) is 1. The van der Waals surface area contributed by atoms with Gasteiger partial charge in [-0.15, -0.1) is 5.10 Å². The Bertz CT molecular complexity index is 183. The topological polar surface area (TPSA) is 66.2 Å². The molecule has 0 aromatic carbocycles. The predicted octanol–water partition coefficient (Wildman–Crippen LogP) is -0.0982. The summed E-state index contributed by atoms with van der Waals surface area (Å²) in [6.45, 7) is 1.81. The second-order valence-corrected chi connectivity index (χ2v) is 1.62. The van der Waals surface area contributed by atoms with Crippen LogP contribution in [0.2, 0.25) is 0 Å². The summed E-state index contributed by atoms with van der Waals surface area (Å²) in [5.74, 6) is 0.378. The Kier molecular flexibility index (Phi) is 1.53. The summed E-state index contributed by atoms with van der Waals surface area (Å²) in [7, 11) is 0. The predicted molar refractivity (Wildman–Crippen MR) is 31.0 cm³/mol. The van der Waals surface area contributed by atoms with Crippen LogP contribution >= 0.6 is 0 Å². The van der Waals surface area contributed by atoms with Crippen LogP contribution in [0.4, 0.5) is 0 Å². The molecule has 0 aliphatic carbocycles. The fourth-order valence-corrected chi connectivity index (χ4v) is 0.484. The monoisotopic (exact) mass is 126 g/mol. The Morgan fingerprint density at radius 3 is 3.00 bits per heavy atom. The van der Waals surface area contributed by atoms with Crippen molar-refractivity contribution in [3.8, 4) is 0 Å². The van der Waals surface area contributed by atoms with Gasteiger partial charge in [0.05, 0.1) is 0 Å². The molecule has 0 radical (unpaired) electrons. The highest BCUT2D eigenvalue weighted by molar-refractivity contribution is 5.98. The van der Waals surface area contributed by atoms with E-state index in [9.17, 15) is 4.79 Å². The number of amidine groups is 1. The fraction of sp³-hybridized carbons (Fsp3) is 0.500. The van der Waals surface area contributed by atoms with Gasteiger partial charge in [0.15, 0.2) is 5.84 Å². The zero-order valence-corrected chi connectivity index (χ0v) is 4.96. The molecule has 0 saturated heterocycles. The first-order valence-electron chi connectivity index (χ1n) is 2.50. The van der Waals surface area contributed by atoms with E-state index in [1.807, 2.05) is 0 Å². The van der Waals surface area contributed by atoms with Crippen LogP contribution in [0.25, 0.3) is 0 Å². The fourth-order valence-electron chi connectivity index (χ4n) is 0.484. The van der Waals surface area contributed by atoms with Crippen LogP contribution in [0, 0.1) is 0 Å². The van der Waals surface area contributed by atoms with Crippen molar-refractivity contribution >= 4 is 11.7 Å². The van der Waals surface area contributed by atoms with E-state index in [4.69, 9.17) is 0 Å². The zero-order chi connectivity index (χ0) is 6.69. The number of carbonyl (C=O) groups is 1. The number of carbonyl (C=O) groups excluding carboxylic acids is 1. The second-order valence-electron chi connectivity index (χ2n) is 1.62. The Labute approximate surface area is 51.9 Å². The van der Waals surface area contributed by atoms with Gasteiger partial charge in [0.1, 0.15) is 6.54 Å². The summed E-state index contributed by atoms with van der Waals surface area (Å²) in [5, 5.41) is 12.8. The minimum atomic E-state index is -0.138. The lowest BCUT2D eigenvalue weighted by atomic mass is 10.5. The van der Waals surface area contributed by atoms with Gasteiger partial charge in [-0.3, -0.25) is 4.79 Å². The first-order valence-corrected chi connectivity index (χ1v) is 2.50. The van der Waals surface area contributed by atoms with Crippen molar-refractivity contribution in [3.63, 3.8) is 0 Å². The van der Waals surface area contributed by atoms with Gasteiger partial charge in [-0.05, 0) is 5.22 Å². The molecule has 1 aliphatic rings. The van der Waals surface area contributed by atoms with E-state index >= 15 is 0 Å². The smallest absolute Gasteiger partial charge is 0.222 e. The minimum Gasteiger partial charge on any atom is -0.311 e. The van der Waals surface area contributed by atoms with E-state index in [0.717, 1.165) is 0 Å². The average molecular weight is 126 g/mol. The van der Waals surface area contributed by atoms with E-state index in [2.05, 4.69) is 20.8 Å². The maximum absolute atomic E-state index is 10.3. The van der Waals surface area contributed by atoms with Crippen LogP contribution in [0.5, 0.6) is 0 Å². The highest BCUT2D eigenvalue weighted by atomic mass is 16.1. The molecule has 0 aromatic rings. The molecular weight excluding hydrogens is 120 g/mol. The quantitative estimate of drug-likeness (QED) is 0.484. The van der Waals surface area contributed by atoms with E-state index in [1.54, 1.807) is 0 Å². The zero-order valence-electron chi connectivity index (χ0n) is 4.96. The van der Waals surface area contributed by atoms with Crippen molar-refractivity contribution < 1.29 is 4.79 Å². The van der Waals surface area contributed by atoms with Crippen molar-refractivity contribution in [2.75, 3.05) is 6.54 Å². The van der Waals surface area contributed by atoms with Gasteiger partial charge in [0.25, 0.3) is 0 Å². The molecule has 0 atom stereocenters. The largest absolute Gasteiger partial charge is 0.311 e. The normalized spacial score (nSPS) is 15.4. The Morgan fingerprint density at radius 1 is 1.78 bits per heavy atom. The van der Waals surface area contributed by atoms with E-state index in [0.29, 0.717) is 12.4 Å². The lowest BCUT2D eigenvalue weighted by Crippen LogP contribution is -2.28. The maximum atomic E-state index is 10.3. The van der Waals surface area contributed by atoms with E-state index in [1.165, 1.54) is 6.92 Å². The van der Waals surface area contributed by atoms with Crippen molar-refractivity contribution in [3.05, 3.63) is 0 Å². The molecular formula is C4H6N4O. The third kappa shape index (κ3) is 1.60. The van der Waals surface area contributed by atoms with Crippen molar-refractivity contribution in [1.29, 1.82) is 0 Å². The summed E-state index contributed by atoms with van der Waals surface area (Å²) in [4.78, 5) is 10.3. The summed E-state index contributed by atoms with van der Waals surface area (Å²) in [6, 6.07) is 0. The maximum Gasteiger partial charge on any atom is 0.222 e. The van der Waals surface area contributed by atoms with Crippen LogP contribution in [0.3, 0.4) is 0 Å². The third-order valence-corrected chi connectivity index (χ3v) is 0.769. The van der Waals surface area contributed by atoms with Crippen molar-refractivity contribution in [2.24, 2.45) is 15.4 Å². The standard InChI is InChI=1S/C4H6N4O/c1-3(9)6-4-2-5-8-7-4/h2H2,1H3,(H,5,6,7,9). The SMILES string of the molecule is CC(=O)NC1=NN=NC1. The van der Waals surface area contributed by atoms with Crippen LogP contribution in [-0.4, -0.2) is 18.3 Å². The molecule has 1 N–H and O–H groups in total. The second kappa shape index (κ2) is 2.34. The molecule has 5 heteroatoms. The molecule has 0 bridgehead atoms. The van der Waals surface area contributed by atoms with Crippen LogP contribution in [-0.2, 0) is 4.79 Å². The van der Waals surface area contributed by atoms with Crippen LogP contribution in [0.15, 0.2) is 15.4 Å². The van der Waals surface area contributed by atoms with Gasteiger partial charge in [-0.25, -0.2) is 0 Å². The molecule has 0 saturated carbocycles. The van der Waals surface area contributed by atoms with Crippen LogP contribution in [0.1, 0.15) is 6.92 Å². The Balaban J connectivity index is 2.39. The molecule has 1 amide bonds. The molecule has 0 aromatic heterocycles. The summed E-state index contributed by atoms with van der Waals surface area (Å²) in [6.07, 6.45) is 0. The van der Waals surface area contributed by atoms with E-state index in [-0.39, 0.29) is 5.91 Å². The Hall–Kier alpha value is -1.26. The molecule has 5 nitrogen and oxygen atoms in total. The molecule has 1 heterocycles. The summed E-state index contributed by atoms with van der Waals surface area (Å²) >= 11 is 0. The average Bonchev–Trinajstić information content (AvgIpc) is 2.15. The Morgan fingerprint density at radius 2 is 2.56 bits per heavy atom. The van der Waals surface area contributed by atoms with E-state index < -0.39 is 0 Å². The number of amides is 1. The number of hydrogen-bond donors (Lipinski definition) is 1. The number of rotatable bonds is 0.